The Kier molecular flexibility index (Phi) is 5.27. The zero-order valence-corrected chi connectivity index (χ0v) is 13.4. The van der Waals surface area contributed by atoms with Crippen molar-refractivity contribution in [1.82, 2.24) is 5.32 Å². The lowest BCUT2D eigenvalue weighted by Gasteiger charge is -2.29. The number of nitrogens with one attached hydrogen (secondary N) is 1. The van der Waals surface area contributed by atoms with Gasteiger partial charge >= 0.3 is 0 Å². The number of carbonyl (C=O) groups excluding carboxylic acids is 1. The molecular weight excluding hydrogens is 314 g/mol. The molecule has 0 saturated carbocycles. The predicted octanol–water partition coefficient (Wildman–Crippen LogP) is 1.34. The number of anilines is 1. The fourth-order valence-electron chi connectivity index (χ4n) is 2.99. The molecule has 2 aliphatic rings. The van der Waals surface area contributed by atoms with Gasteiger partial charge in [-0.15, -0.1) is 0 Å². The molecule has 2 saturated heterocycles. The summed E-state index contributed by atoms with van der Waals surface area (Å²) < 4.78 is 10.8. The van der Waals surface area contributed by atoms with Gasteiger partial charge in [-0.2, -0.15) is 0 Å². The SMILES string of the molecule is O=C(NCC1CCCO1)c1cc(N2CCOCC2)ccc1[N+](=O)[O-]. The second-order valence-electron chi connectivity index (χ2n) is 5.90. The summed E-state index contributed by atoms with van der Waals surface area (Å²) in [7, 11) is 0. The molecule has 0 aromatic heterocycles. The van der Waals surface area contributed by atoms with Crippen molar-refractivity contribution in [1.29, 1.82) is 0 Å². The first-order chi connectivity index (χ1) is 11.6. The van der Waals surface area contributed by atoms with E-state index in [-0.39, 0.29) is 17.4 Å². The van der Waals surface area contributed by atoms with Gasteiger partial charge in [0.2, 0.25) is 0 Å². The fourth-order valence-corrected chi connectivity index (χ4v) is 2.99. The van der Waals surface area contributed by atoms with Gasteiger partial charge < -0.3 is 19.7 Å². The zero-order valence-electron chi connectivity index (χ0n) is 13.4. The number of nitro benzene ring substituents is 1. The quantitative estimate of drug-likeness (QED) is 0.645. The molecule has 1 aromatic carbocycles. The highest BCUT2D eigenvalue weighted by Gasteiger charge is 2.24. The molecule has 8 heteroatoms. The molecule has 24 heavy (non-hydrogen) atoms. The topological polar surface area (TPSA) is 93.9 Å². The summed E-state index contributed by atoms with van der Waals surface area (Å²) in [5.41, 5.74) is 0.699. The number of carbonyl (C=O) groups is 1. The highest BCUT2D eigenvalue weighted by Crippen LogP contribution is 2.26. The van der Waals surface area contributed by atoms with E-state index in [0.29, 0.717) is 39.5 Å². The number of amides is 1. The Hall–Kier alpha value is -2.19. The normalized spacial score (nSPS) is 20.8. The number of ether oxygens (including phenoxy) is 2. The van der Waals surface area contributed by atoms with Crippen LogP contribution in [-0.2, 0) is 9.47 Å². The number of benzene rings is 1. The summed E-state index contributed by atoms with van der Waals surface area (Å²) in [6, 6.07) is 4.67. The van der Waals surface area contributed by atoms with Crippen LogP contribution in [-0.4, -0.2) is 56.4 Å². The van der Waals surface area contributed by atoms with Crippen LogP contribution in [0.15, 0.2) is 18.2 Å². The van der Waals surface area contributed by atoms with E-state index in [1.54, 1.807) is 12.1 Å². The number of nitro groups is 1. The van der Waals surface area contributed by atoms with Crippen LogP contribution in [0.3, 0.4) is 0 Å². The van der Waals surface area contributed by atoms with Crippen molar-refractivity contribution in [3.05, 3.63) is 33.9 Å². The largest absolute Gasteiger partial charge is 0.378 e. The molecule has 1 atom stereocenters. The fraction of sp³-hybridized carbons (Fsp3) is 0.562. The highest BCUT2D eigenvalue weighted by atomic mass is 16.6. The van der Waals surface area contributed by atoms with E-state index in [9.17, 15) is 14.9 Å². The summed E-state index contributed by atoms with van der Waals surface area (Å²) in [4.78, 5) is 25.2. The third-order valence-corrected chi connectivity index (χ3v) is 4.31. The maximum Gasteiger partial charge on any atom is 0.282 e. The van der Waals surface area contributed by atoms with E-state index >= 15 is 0 Å². The van der Waals surface area contributed by atoms with Crippen LogP contribution >= 0.6 is 0 Å². The van der Waals surface area contributed by atoms with E-state index in [4.69, 9.17) is 9.47 Å². The Morgan fingerprint density at radius 1 is 1.33 bits per heavy atom. The molecule has 8 nitrogen and oxygen atoms in total. The zero-order chi connectivity index (χ0) is 16.9. The summed E-state index contributed by atoms with van der Waals surface area (Å²) in [6.07, 6.45) is 1.87. The summed E-state index contributed by atoms with van der Waals surface area (Å²) in [6.45, 7) is 3.70. The standard InChI is InChI=1S/C16H21N3O5/c20-16(17-11-13-2-1-7-24-13)14-10-12(3-4-15(14)19(21)22)18-5-8-23-9-6-18/h3-4,10,13H,1-2,5-9,11H2,(H,17,20). The Morgan fingerprint density at radius 2 is 2.12 bits per heavy atom. The Bertz CT molecular complexity index is 610. The molecule has 0 aliphatic carbocycles. The van der Waals surface area contributed by atoms with E-state index in [1.165, 1.54) is 6.07 Å². The lowest BCUT2D eigenvalue weighted by atomic mass is 10.1. The van der Waals surface area contributed by atoms with E-state index in [2.05, 4.69) is 10.2 Å². The van der Waals surface area contributed by atoms with Crippen LogP contribution in [0.1, 0.15) is 23.2 Å². The number of hydrogen-bond donors (Lipinski definition) is 1. The first kappa shape index (κ1) is 16.7. The second kappa shape index (κ2) is 7.59. The Labute approximate surface area is 139 Å². The van der Waals surface area contributed by atoms with Crippen molar-refractivity contribution in [2.45, 2.75) is 18.9 Å². The van der Waals surface area contributed by atoms with Crippen LogP contribution in [0.5, 0.6) is 0 Å². The van der Waals surface area contributed by atoms with Crippen LogP contribution in [0, 0.1) is 10.1 Å². The van der Waals surface area contributed by atoms with Gasteiger partial charge in [-0.3, -0.25) is 14.9 Å². The maximum absolute atomic E-state index is 12.4. The van der Waals surface area contributed by atoms with Crippen LogP contribution in [0.25, 0.3) is 0 Å². The molecule has 2 fully saturated rings. The maximum atomic E-state index is 12.4. The molecule has 1 N–H and O–H groups in total. The number of morpholine rings is 1. The molecule has 2 aliphatic heterocycles. The molecule has 0 spiro atoms. The minimum Gasteiger partial charge on any atom is -0.378 e. The molecule has 0 radical (unpaired) electrons. The van der Waals surface area contributed by atoms with E-state index in [1.807, 2.05) is 0 Å². The van der Waals surface area contributed by atoms with Crippen molar-refractivity contribution in [3.8, 4) is 0 Å². The highest BCUT2D eigenvalue weighted by molar-refractivity contribution is 5.99. The number of nitrogens with zero attached hydrogens (tertiary/aromatic N) is 2. The first-order valence-corrected chi connectivity index (χ1v) is 8.16. The molecule has 1 amide bonds. The Balaban J connectivity index is 1.76. The van der Waals surface area contributed by atoms with Gasteiger partial charge in [0.05, 0.1) is 24.2 Å². The monoisotopic (exact) mass is 335 g/mol. The van der Waals surface area contributed by atoms with E-state index < -0.39 is 10.8 Å². The molecule has 1 aromatic rings. The third kappa shape index (κ3) is 3.82. The minimum absolute atomic E-state index is 0.00423. The molecule has 3 rings (SSSR count). The molecule has 0 bridgehead atoms. The average Bonchev–Trinajstić information content (AvgIpc) is 3.13. The van der Waals surface area contributed by atoms with Gasteiger partial charge in [0.25, 0.3) is 11.6 Å². The molecular formula is C16H21N3O5. The van der Waals surface area contributed by atoms with Gasteiger partial charge in [0.15, 0.2) is 0 Å². The van der Waals surface area contributed by atoms with Gasteiger partial charge in [-0.05, 0) is 25.0 Å². The van der Waals surface area contributed by atoms with Crippen molar-refractivity contribution in [2.24, 2.45) is 0 Å². The predicted molar refractivity (Wildman–Crippen MR) is 87.4 cm³/mol. The van der Waals surface area contributed by atoms with Crippen molar-refractivity contribution in [3.63, 3.8) is 0 Å². The van der Waals surface area contributed by atoms with Gasteiger partial charge in [0.1, 0.15) is 5.56 Å². The molecule has 1 unspecified atom stereocenters. The first-order valence-electron chi connectivity index (χ1n) is 8.16. The van der Waals surface area contributed by atoms with Crippen LogP contribution in [0.4, 0.5) is 11.4 Å². The van der Waals surface area contributed by atoms with Crippen LogP contribution in [0.2, 0.25) is 0 Å². The lowest BCUT2D eigenvalue weighted by molar-refractivity contribution is -0.385. The summed E-state index contributed by atoms with van der Waals surface area (Å²) in [5.74, 6) is -0.438. The summed E-state index contributed by atoms with van der Waals surface area (Å²) in [5, 5.41) is 14.0. The second-order valence-corrected chi connectivity index (χ2v) is 5.90. The van der Waals surface area contributed by atoms with Gasteiger partial charge in [0, 0.05) is 38.0 Å². The minimum atomic E-state index is -0.524. The van der Waals surface area contributed by atoms with Crippen LogP contribution < -0.4 is 10.2 Å². The molecule has 2 heterocycles. The molecule has 130 valence electrons. The lowest BCUT2D eigenvalue weighted by Crippen LogP contribution is -2.36. The third-order valence-electron chi connectivity index (χ3n) is 4.31. The number of hydrogen-bond acceptors (Lipinski definition) is 6. The van der Waals surface area contributed by atoms with Crippen molar-refractivity contribution >= 4 is 17.3 Å². The number of rotatable bonds is 5. The van der Waals surface area contributed by atoms with Crippen molar-refractivity contribution < 1.29 is 19.2 Å². The van der Waals surface area contributed by atoms with Crippen molar-refractivity contribution in [2.75, 3.05) is 44.4 Å². The van der Waals surface area contributed by atoms with Gasteiger partial charge in [-0.1, -0.05) is 0 Å². The Morgan fingerprint density at radius 3 is 2.79 bits per heavy atom. The smallest absolute Gasteiger partial charge is 0.282 e. The summed E-state index contributed by atoms with van der Waals surface area (Å²) >= 11 is 0. The van der Waals surface area contributed by atoms with E-state index in [0.717, 1.165) is 18.5 Å². The van der Waals surface area contributed by atoms with Gasteiger partial charge in [-0.25, -0.2) is 0 Å². The average molecular weight is 335 g/mol.